The number of rotatable bonds is 5. The number of aryl methyl sites for hydroxylation is 1. The highest BCUT2D eigenvalue weighted by Gasteiger charge is 2.11. The van der Waals surface area contributed by atoms with E-state index in [1.807, 2.05) is 13.0 Å². The van der Waals surface area contributed by atoms with Crippen molar-refractivity contribution in [2.45, 2.75) is 43.9 Å². The van der Waals surface area contributed by atoms with Crippen molar-refractivity contribution in [2.75, 3.05) is 11.9 Å². The molecule has 0 amide bonds. The van der Waals surface area contributed by atoms with Crippen molar-refractivity contribution in [3.63, 3.8) is 0 Å². The lowest BCUT2D eigenvalue weighted by molar-refractivity contribution is 0.429. The summed E-state index contributed by atoms with van der Waals surface area (Å²) in [5, 5.41) is 12.3. The molecule has 0 atom stereocenters. The molecule has 0 aromatic carbocycles. The van der Waals surface area contributed by atoms with Gasteiger partial charge in [0, 0.05) is 25.5 Å². The van der Waals surface area contributed by atoms with Gasteiger partial charge < -0.3 is 9.73 Å². The summed E-state index contributed by atoms with van der Waals surface area (Å²) >= 11 is 1.35. The van der Waals surface area contributed by atoms with Crippen LogP contribution in [0.2, 0.25) is 0 Å². The van der Waals surface area contributed by atoms with E-state index in [0.717, 1.165) is 23.2 Å². The zero-order chi connectivity index (χ0) is 13.8. The average Bonchev–Trinajstić information content (AvgIpc) is 2.75. The maximum Gasteiger partial charge on any atom is 0.282 e. The first-order valence-electron chi connectivity index (χ1n) is 6.19. The van der Waals surface area contributed by atoms with Crippen LogP contribution in [0.1, 0.15) is 38.4 Å². The third-order valence-electron chi connectivity index (χ3n) is 2.29. The van der Waals surface area contributed by atoms with E-state index in [1.165, 1.54) is 11.8 Å². The molecule has 102 valence electrons. The molecule has 0 radical (unpaired) electrons. The van der Waals surface area contributed by atoms with Gasteiger partial charge >= 0.3 is 0 Å². The highest BCUT2D eigenvalue weighted by molar-refractivity contribution is 7.99. The Morgan fingerprint density at radius 2 is 2.11 bits per heavy atom. The van der Waals surface area contributed by atoms with Gasteiger partial charge in [0.15, 0.2) is 0 Å². The zero-order valence-electron chi connectivity index (χ0n) is 11.5. The lowest BCUT2D eigenvalue weighted by Crippen LogP contribution is -2.05. The number of nitrogens with zero attached hydrogens (tertiary/aromatic N) is 4. The number of hydrogen-bond acceptors (Lipinski definition) is 7. The summed E-state index contributed by atoms with van der Waals surface area (Å²) in [6, 6.07) is 1.89. The molecule has 0 unspecified atom stereocenters. The Kier molecular flexibility index (Phi) is 4.36. The van der Waals surface area contributed by atoms with Crippen LogP contribution in [0.15, 0.2) is 20.7 Å². The monoisotopic (exact) mass is 279 g/mol. The van der Waals surface area contributed by atoms with Crippen LogP contribution in [0, 0.1) is 6.92 Å². The van der Waals surface area contributed by atoms with Crippen LogP contribution in [-0.4, -0.2) is 26.7 Å². The van der Waals surface area contributed by atoms with Crippen LogP contribution in [-0.2, 0) is 0 Å². The van der Waals surface area contributed by atoms with Crippen LogP contribution < -0.4 is 5.32 Å². The van der Waals surface area contributed by atoms with Gasteiger partial charge in [-0.15, -0.1) is 10.2 Å². The molecule has 2 aromatic rings. The van der Waals surface area contributed by atoms with Crippen molar-refractivity contribution in [2.24, 2.45) is 0 Å². The Labute approximate surface area is 116 Å². The molecule has 0 saturated heterocycles. The molecule has 0 aliphatic carbocycles. The van der Waals surface area contributed by atoms with Crippen molar-refractivity contribution in [1.82, 2.24) is 20.2 Å². The first-order valence-corrected chi connectivity index (χ1v) is 7.01. The van der Waals surface area contributed by atoms with Crippen molar-refractivity contribution in [1.29, 1.82) is 0 Å². The minimum absolute atomic E-state index is 0.266. The van der Waals surface area contributed by atoms with Gasteiger partial charge in [-0.25, -0.2) is 9.97 Å². The minimum atomic E-state index is 0.266. The number of aromatic nitrogens is 4. The summed E-state index contributed by atoms with van der Waals surface area (Å²) in [4.78, 5) is 8.97. The second-order valence-electron chi connectivity index (χ2n) is 4.32. The highest BCUT2D eigenvalue weighted by atomic mass is 32.2. The topological polar surface area (TPSA) is 76.7 Å². The predicted octanol–water partition coefficient (Wildman–Crippen LogP) is 2.87. The molecule has 7 heteroatoms. The summed E-state index contributed by atoms with van der Waals surface area (Å²) in [7, 11) is 0. The third-order valence-corrected chi connectivity index (χ3v) is 3.05. The van der Waals surface area contributed by atoms with E-state index < -0.39 is 0 Å². The second kappa shape index (κ2) is 6.01. The Bertz CT molecular complexity index is 555. The molecule has 0 aliphatic rings. The smallest absolute Gasteiger partial charge is 0.282 e. The molecule has 1 N–H and O–H groups in total. The van der Waals surface area contributed by atoms with Crippen molar-refractivity contribution in [3.05, 3.63) is 17.8 Å². The molecule has 0 aliphatic heterocycles. The van der Waals surface area contributed by atoms with Gasteiger partial charge in [-0.1, -0.05) is 13.8 Å². The van der Waals surface area contributed by atoms with Gasteiger partial charge in [0.2, 0.25) is 5.89 Å². The molecule has 0 bridgehead atoms. The van der Waals surface area contributed by atoms with Crippen LogP contribution in [0.4, 0.5) is 5.82 Å². The fraction of sp³-hybridized carbons (Fsp3) is 0.500. The number of hydrogen-bond donors (Lipinski definition) is 1. The van der Waals surface area contributed by atoms with E-state index in [2.05, 4.69) is 39.3 Å². The van der Waals surface area contributed by atoms with E-state index >= 15 is 0 Å². The predicted molar refractivity (Wildman–Crippen MR) is 73.4 cm³/mol. The third kappa shape index (κ3) is 3.66. The quantitative estimate of drug-likeness (QED) is 0.843. The van der Waals surface area contributed by atoms with Crippen LogP contribution in [0.3, 0.4) is 0 Å². The van der Waals surface area contributed by atoms with Crippen molar-refractivity contribution >= 4 is 17.6 Å². The molecule has 6 nitrogen and oxygen atoms in total. The van der Waals surface area contributed by atoms with E-state index in [1.54, 1.807) is 6.92 Å². The Morgan fingerprint density at radius 1 is 1.32 bits per heavy atom. The minimum Gasteiger partial charge on any atom is -0.416 e. The van der Waals surface area contributed by atoms with Gasteiger partial charge in [0.25, 0.3) is 5.22 Å². The van der Waals surface area contributed by atoms with Crippen LogP contribution in [0.5, 0.6) is 0 Å². The van der Waals surface area contributed by atoms with E-state index in [9.17, 15) is 0 Å². The Morgan fingerprint density at radius 3 is 2.68 bits per heavy atom. The normalized spacial score (nSPS) is 11.0. The Hall–Kier alpha value is -1.63. The van der Waals surface area contributed by atoms with Gasteiger partial charge in [0.1, 0.15) is 16.7 Å². The summed E-state index contributed by atoms with van der Waals surface area (Å²) < 4.78 is 5.35. The molecular weight excluding hydrogens is 262 g/mol. The van der Waals surface area contributed by atoms with Gasteiger partial charge in [-0.2, -0.15) is 0 Å². The molecule has 19 heavy (non-hydrogen) atoms. The van der Waals surface area contributed by atoms with Crippen LogP contribution in [0.25, 0.3) is 0 Å². The summed E-state index contributed by atoms with van der Waals surface area (Å²) in [6.07, 6.45) is 0. The molecule has 2 rings (SSSR count). The molecule has 0 fully saturated rings. The largest absolute Gasteiger partial charge is 0.416 e. The lowest BCUT2D eigenvalue weighted by Gasteiger charge is -2.09. The Balaban J connectivity index is 2.27. The van der Waals surface area contributed by atoms with Crippen molar-refractivity contribution in [3.8, 4) is 0 Å². The summed E-state index contributed by atoms with van der Waals surface area (Å²) in [6.45, 7) is 8.75. The molecule has 2 heterocycles. The fourth-order valence-corrected chi connectivity index (χ4v) is 2.17. The first-order chi connectivity index (χ1) is 9.08. The highest BCUT2D eigenvalue weighted by Crippen LogP contribution is 2.27. The lowest BCUT2D eigenvalue weighted by atomic mass is 10.2. The number of anilines is 1. The molecular formula is C12H17N5OS. The van der Waals surface area contributed by atoms with Crippen molar-refractivity contribution < 1.29 is 4.42 Å². The van der Waals surface area contributed by atoms with E-state index in [4.69, 9.17) is 4.42 Å². The molecule has 2 aromatic heterocycles. The van der Waals surface area contributed by atoms with E-state index in [0.29, 0.717) is 11.1 Å². The number of nitrogens with one attached hydrogen (secondary N) is 1. The summed E-state index contributed by atoms with van der Waals surface area (Å²) in [5.74, 6) is 2.44. The van der Waals surface area contributed by atoms with Gasteiger partial charge in [0.05, 0.1) is 0 Å². The maximum absolute atomic E-state index is 5.35. The van der Waals surface area contributed by atoms with Crippen LogP contribution >= 0.6 is 11.8 Å². The SMILES string of the molecule is CCNc1cc(Sc2nnc(C)o2)nc(C(C)C)n1. The van der Waals surface area contributed by atoms with Gasteiger partial charge in [-0.3, -0.25) is 0 Å². The molecule has 0 spiro atoms. The summed E-state index contributed by atoms with van der Waals surface area (Å²) in [5.41, 5.74) is 0. The second-order valence-corrected chi connectivity index (χ2v) is 5.30. The molecule has 0 saturated carbocycles. The van der Waals surface area contributed by atoms with Gasteiger partial charge in [-0.05, 0) is 18.7 Å². The standard InChI is InChI=1S/C12H17N5OS/c1-5-13-9-6-10(15-11(14-9)7(2)3)19-12-17-16-8(4)18-12/h6-7H,5H2,1-4H3,(H,13,14,15). The first kappa shape index (κ1) is 13.8. The average molecular weight is 279 g/mol. The fourth-order valence-electron chi connectivity index (χ4n) is 1.43. The zero-order valence-corrected chi connectivity index (χ0v) is 12.3. The van der Waals surface area contributed by atoms with E-state index in [-0.39, 0.29) is 5.92 Å². The maximum atomic E-state index is 5.35.